The van der Waals surface area contributed by atoms with Crippen LogP contribution in [-0.4, -0.2) is 42.3 Å². The standard InChI is InChI=1S/C25H33FN4O2/c1-4-21(32-3)16-24-23(27)7-8-25(31)30(24)14-13-29-11-9-20(10-12-29)28-17-19-6-5-18(2)22(26)15-19/h4-8,15-16,20,28H,1,9-14,17,27H2,2-3H3/b21-16+. The van der Waals surface area contributed by atoms with Crippen LogP contribution in [0.15, 0.2) is 53.5 Å². The van der Waals surface area contributed by atoms with Crippen LogP contribution in [0.1, 0.15) is 29.7 Å². The summed E-state index contributed by atoms with van der Waals surface area (Å²) in [5.41, 5.74) is 8.84. The molecule has 0 amide bonds. The number of halogens is 1. The Morgan fingerprint density at radius 3 is 2.69 bits per heavy atom. The van der Waals surface area contributed by atoms with Crippen LogP contribution in [0.5, 0.6) is 0 Å². The molecule has 1 saturated heterocycles. The Balaban J connectivity index is 1.54. The van der Waals surface area contributed by atoms with Gasteiger partial charge in [0.05, 0.1) is 18.5 Å². The number of likely N-dealkylation sites (tertiary alicyclic amines) is 1. The van der Waals surface area contributed by atoms with Gasteiger partial charge in [-0.25, -0.2) is 4.39 Å². The van der Waals surface area contributed by atoms with Crippen molar-refractivity contribution in [2.45, 2.75) is 38.9 Å². The smallest absolute Gasteiger partial charge is 0.251 e. The van der Waals surface area contributed by atoms with Crippen molar-refractivity contribution in [1.29, 1.82) is 0 Å². The molecule has 172 valence electrons. The molecule has 2 aromatic rings. The molecule has 2 heterocycles. The molecule has 1 aromatic carbocycles. The fourth-order valence-electron chi connectivity index (χ4n) is 3.95. The molecule has 1 aliphatic rings. The van der Waals surface area contributed by atoms with Crippen molar-refractivity contribution in [3.63, 3.8) is 0 Å². The second-order valence-corrected chi connectivity index (χ2v) is 8.20. The molecule has 0 atom stereocenters. The summed E-state index contributed by atoms with van der Waals surface area (Å²) in [6.07, 6.45) is 5.35. The molecule has 0 spiro atoms. The van der Waals surface area contributed by atoms with Gasteiger partial charge in [0.15, 0.2) is 0 Å². The topological polar surface area (TPSA) is 72.5 Å². The predicted octanol–water partition coefficient (Wildman–Crippen LogP) is 3.31. The maximum atomic E-state index is 13.7. The third kappa shape index (κ3) is 6.08. The van der Waals surface area contributed by atoms with Crippen molar-refractivity contribution in [2.75, 3.05) is 32.5 Å². The lowest BCUT2D eigenvalue weighted by atomic mass is 10.0. The third-order valence-electron chi connectivity index (χ3n) is 6.03. The zero-order valence-corrected chi connectivity index (χ0v) is 18.9. The predicted molar refractivity (Wildman–Crippen MR) is 128 cm³/mol. The molecular formula is C25H33FN4O2. The third-order valence-corrected chi connectivity index (χ3v) is 6.03. The van der Waals surface area contributed by atoms with E-state index in [0.717, 1.165) is 38.0 Å². The lowest BCUT2D eigenvalue weighted by Gasteiger charge is -2.32. The van der Waals surface area contributed by atoms with Crippen molar-refractivity contribution in [3.8, 4) is 0 Å². The fraction of sp³-hybridized carbons (Fsp3) is 0.400. The summed E-state index contributed by atoms with van der Waals surface area (Å²) in [5.74, 6) is 0.396. The zero-order valence-electron chi connectivity index (χ0n) is 18.9. The van der Waals surface area contributed by atoms with Crippen LogP contribution in [-0.2, 0) is 17.8 Å². The summed E-state index contributed by atoms with van der Waals surface area (Å²) in [6, 6.07) is 8.92. The molecule has 0 radical (unpaired) electrons. The summed E-state index contributed by atoms with van der Waals surface area (Å²) in [6.45, 7) is 9.36. The Kier molecular flexibility index (Phi) is 8.25. The van der Waals surface area contributed by atoms with E-state index < -0.39 is 0 Å². The van der Waals surface area contributed by atoms with Gasteiger partial charge in [-0.3, -0.25) is 4.79 Å². The van der Waals surface area contributed by atoms with E-state index in [9.17, 15) is 9.18 Å². The van der Waals surface area contributed by atoms with Gasteiger partial charge < -0.3 is 25.3 Å². The number of pyridine rings is 1. The first-order chi connectivity index (χ1) is 15.4. The lowest BCUT2D eigenvalue weighted by Crippen LogP contribution is -2.43. The SMILES string of the molecule is C=C/C(=C\c1c(N)ccc(=O)n1CCN1CCC(NCc2ccc(C)c(F)c2)CC1)OC. The average molecular weight is 441 g/mol. The molecule has 32 heavy (non-hydrogen) atoms. The van der Waals surface area contributed by atoms with Gasteiger partial charge in [0.25, 0.3) is 5.56 Å². The Bertz CT molecular complexity index is 1020. The number of anilines is 1. The molecule has 3 N–H and O–H groups in total. The summed E-state index contributed by atoms with van der Waals surface area (Å²) in [5, 5.41) is 3.54. The summed E-state index contributed by atoms with van der Waals surface area (Å²) < 4.78 is 20.7. The Morgan fingerprint density at radius 1 is 1.28 bits per heavy atom. The van der Waals surface area contributed by atoms with E-state index in [1.54, 1.807) is 42.9 Å². The highest BCUT2D eigenvalue weighted by Crippen LogP contribution is 2.16. The lowest BCUT2D eigenvalue weighted by molar-refractivity contribution is 0.190. The molecule has 3 rings (SSSR count). The van der Waals surface area contributed by atoms with E-state index in [-0.39, 0.29) is 11.4 Å². The van der Waals surface area contributed by atoms with Gasteiger partial charge >= 0.3 is 0 Å². The fourth-order valence-corrected chi connectivity index (χ4v) is 3.95. The van der Waals surface area contributed by atoms with Crippen LogP contribution in [0.4, 0.5) is 10.1 Å². The van der Waals surface area contributed by atoms with Gasteiger partial charge in [0.2, 0.25) is 0 Å². The van der Waals surface area contributed by atoms with Gasteiger partial charge in [-0.1, -0.05) is 18.7 Å². The maximum Gasteiger partial charge on any atom is 0.251 e. The molecule has 0 bridgehead atoms. The maximum absolute atomic E-state index is 13.7. The van der Waals surface area contributed by atoms with Crippen molar-refractivity contribution >= 4 is 11.8 Å². The highest BCUT2D eigenvalue weighted by Gasteiger charge is 2.19. The normalized spacial score (nSPS) is 15.7. The molecular weight excluding hydrogens is 407 g/mol. The number of ether oxygens (including phenoxy) is 1. The first-order valence-electron chi connectivity index (χ1n) is 11.0. The zero-order chi connectivity index (χ0) is 23.1. The van der Waals surface area contributed by atoms with Crippen LogP contribution >= 0.6 is 0 Å². The number of nitrogen functional groups attached to an aromatic ring is 1. The highest BCUT2D eigenvalue weighted by atomic mass is 19.1. The van der Waals surface area contributed by atoms with Crippen LogP contribution in [0.25, 0.3) is 6.08 Å². The number of aryl methyl sites for hydroxylation is 1. The molecule has 0 saturated carbocycles. The Labute approximate surface area is 189 Å². The number of nitrogens with one attached hydrogen (secondary N) is 1. The van der Waals surface area contributed by atoms with Crippen molar-refractivity contribution in [2.24, 2.45) is 0 Å². The van der Waals surface area contributed by atoms with Crippen LogP contribution < -0.4 is 16.6 Å². The quantitative estimate of drug-likeness (QED) is 0.462. The number of piperidine rings is 1. The van der Waals surface area contributed by atoms with E-state index in [1.165, 1.54) is 6.07 Å². The van der Waals surface area contributed by atoms with E-state index in [2.05, 4.69) is 16.8 Å². The highest BCUT2D eigenvalue weighted by molar-refractivity contribution is 5.63. The van der Waals surface area contributed by atoms with Gasteiger partial charge in [-0.15, -0.1) is 0 Å². The number of hydrogen-bond donors (Lipinski definition) is 2. The average Bonchev–Trinajstić information content (AvgIpc) is 2.80. The van der Waals surface area contributed by atoms with Crippen LogP contribution in [0, 0.1) is 12.7 Å². The monoisotopic (exact) mass is 440 g/mol. The number of hydrogen-bond acceptors (Lipinski definition) is 5. The number of methoxy groups -OCH3 is 1. The van der Waals surface area contributed by atoms with Crippen molar-refractivity contribution in [3.05, 3.63) is 81.7 Å². The summed E-state index contributed by atoms with van der Waals surface area (Å²) in [7, 11) is 1.56. The second-order valence-electron chi connectivity index (χ2n) is 8.20. The first-order valence-corrected chi connectivity index (χ1v) is 11.0. The summed E-state index contributed by atoms with van der Waals surface area (Å²) in [4.78, 5) is 14.9. The van der Waals surface area contributed by atoms with Gasteiger partial charge in [-0.2, -0.15) is 0 Å². The summed E-state index contributed by atoms with van der Waals surface area (Å²) >= 11 is 0. The van der Waals surface area contributed by atoms with Crippen LogP contribution in [0.2, 0.25) is 0 Å². The molecule has 6 nitrogen and oxygen atoms in total. The molecule has 1 aliphatic heterocycles. The second kappa shape index (κ2) is 11.1. The molecule has 0 unspecified atom stereocenters. The number of rotatable bonds is 9. The van der Waals surface area contributed by atoms with Crippen molar-refractivity contribution < 1.29 is 9.13 Å². The molecule has 7 heteroatoms. The first kappa shape index (κ1) is 23.8. The molecule has 0 aliphatic carbocycles. The molecule has 1 fully saturated rings. The van der Waals surface area contributed by atoms with E-state index in [1.807, 2.05) is 12.1 Å². The minimum atomic E-state index is -0.157. The Hall–Kier alpha value is -2.90. The van der Waals surface area contributed by atoms with Gasteiger partial charge in [0, 0.05) is 37.8 Å². The Morgan fingerprint density at radius 2 is 2.03 bits per heavy atom. The number of nitrogens with zero attached hydrogens (tertiary/aromatic N) is 2. The van der Waals surface area contributed by atoms with E-state index in [0.29, 0.717) is 41.8 Å². The minimum absolute atomic E-state index is 0.0909. The number of benzene rings is 1. The van der Waals surface area contributed by atoms with E-state index in [4.69, 9.17) is 10.5 Å². The van der Waals surface area contributed by atoms with Gasteiger partial charge in [-0.05, 0) is 62.2 Å². The number of aromatic nitrogens is 1. The van der Waals surface area contributed by atoms with Gasteiger partial charge in [0.1, 0.15) is 11.6 Å². The van der Waals surface area contributed by atoms with Crippen LogP contribution in [0.3, 0.4) is 0 Å². The molecule has 1 aromatic heterocycles. The minimum Gasteiger partial charge on any atom is -0.497 e. The largest absolute Gasteiger partial charge is 0.497 e. The van der Waals surface area contributed by atoms with Crippen molar-refractivity contribution in [1.82, 2.24) is 14.8 Å². The number of allylic oxidation sites excluding steroid dienone is 1. The number of nitrogens with two attached hydrogens (primary N) is 1. The van der Waals surface area contributed by atoms with E-state index >= 15 is 0 Å².